The molecule has 0 saturated heterocycles. The lowest BCUT2D eigenvalue weighted by Gasteiger charge is -2.37. The molecule has 0 aromatic heterocycles. The van der Waals surface area contributed by atoms with Gasteiger partial charge in [0.25, 0.3) is 5.91 Å². The van der Waals surface area contributed by atoms with Gasteiger partial charge in [0.2, 0.25) is 0 Å². The van der Waals surface area contributed by atoms with Gasteiger partial charge in [-0.15, -0.1) is 4.18 Å². The Morgan fingerprint density at radius 3 is 2.30 bits per heavy atom. The van der Waals surface area contributed by atoms with Gasteiger partial charge in [-0.2, -0.15) is 4.55 Å². The topological polar surface area (TPSA) is 79.3 Å². The van der Waals surface area contributed by atoms with Crippen LogP contribution in [0, 0.1) is 0 Å². The summed E-state index contributed by atoms with van der Waals surface area (Å²) in [5.41, 5.74) is 3.84. The first-order valence-corrected chi connectivity index (χ1v) is 16.8. The average Bonchev–Trinajstić information content (AvgIpc) is 3.82. The van der Waals surface area contributed by atoms with Crippen molar-refractivity contribution in [1.82, 2.24) is 9.80 Å². The summed E-state index contributed by atoms with van der Waals surface area (Å²) in [5.74, 6) is -0.223. The number of nitrogens with zero attached hydrogens (tertiary/aromatic N) is 2. The predicted octanol–water partition coefficient (Wildman–Crippen LogP) is 7.88. The molecule has 0 radical (unpaired) electrons. The minimum atomic E-state index is -1.44. The van der Waals surface area contributed by atoms with Gasteiger partial charge in [0.15, 0.2) is 12.4 Å². The molecule has 1 aliphatic heterocycles. The zero-order valence-electron chi connectivity index (χ0n) is 25.3. The number of ether oxygens (including phenoxy) is 1. The Kier molecular flexibility index (Phi) is 9.97. The van der Waals surface area contributed by atoms with Crippen LogP contribution in [0.5, 0.6) is 0 Å². The lowest BCUT2D eigenvalue weighted by atomic mass is 9.88. The quantitative estimate of drug-likeness (QED) is 0.250. The summed E-state index contributed by atoms with van der Waals surface area (Å²) in [6, 6.07) is 23.3. The number of benzene rings is 3. The molecule has 2 amide bonds. The molecule has 2 unspecified atom stereocenters. The van der Waals surface area contributed by atoms with Gasteiger partial charge in [0, 0.05) is 23.7 Å². The Bertz CT molecular complexity index is 1550. The first-order valence-electron chi connectivity index (χ1n) is 14.5. The van der Waals surface area contributed by atoms with Gasteiger partial charge in [-0.3, -0.25) is 4.79 Å². The van der Waals surface area contributed by atoms with E-state index in [1.807, 2.05) is 71.6 Å². The summed E-state index contributed by atoms with van der Waals surface area (Å²) >= 11 is 11.4. The average molecular weight is 657 g/mol. The van der Waals surface area contributed by atoms with Crippen molar-refractivity contribution in [2.45, 2.75) is 57.9 Å². The van der Waals surface area contributed by atoms with Gasteiger partial charge in [-0.05, 0) is 68.0 Å². The number of amides is 2. The fraction of sp³-hybridized carbons (Fsp3) is 0.353. The van der Waals surface area contributed by atoms with Gasteiger partial charge in [-0.25, -0.2) is 4.79 Å². The fourth-order valence-electron chi connectivity index (χ4n) is 5.36. The summed E-state index contributed by atoms with van der Waals surface area (Å²) in [6.07, 6.45) is 1.93. The smallest absolute Gasteiger partial charge is 0.410 e. The standard InChI is InChI=1S/C34H37Cl2N2O5S/c1-34(2,3)42-33(40)37-20-27(32(39)38(26-16-17-26)19-25-14-9-15-28(35)31(25)36)30(29(21-37)43-44(4)41)24-13-8-12-23(18-24)22-10-6-5-7-11-22/h5-15,18,26,29,41H,16-17,19-21H2,1-4H3/q+1. The van der Waals surface area contributed by atoms with E-state index in [-0.39, 0.29) is 31.6 Å². The maximum atomic E-state index is 14.7. The molecule has 3 aromatic carbocycles. The Morgan fingerprint density at radius 1 is 0.977 bits per heavy atom. The third kappa shape index (κ3) is 7.79. The van der Waals surface area contributed by atoms with E-state index in [9.17, 15) is 14.1 Å². The van der Waals surface area contributed by atoms with Crippen LogP contribution in [-0.4, -0.2) is 63.4 Å². The second-order valence-corrected chi connectivity index (χ2v) is 13.9. The van der Waals surface area contributed by atoms with Crippen LogP contribution in [-0.2, 0) is 31.7 Å². The molecule has 1 fully saturated rings. The van der Waals surface area contributed by atoms with Crippen LogP contribution in [0.15, 0.2) is 78.4 Å². The maximum Gasteiger partial charge on any atom is 0.410 e. The summed E-state index contributed by atoms with van der Waals surface area (Å²) in [7, 11) is 0. The molecular formula is C34H37Cl2N2O5S+. The number of rotatable bonds is 8. The van der Waals surface area contributed by atoms with E-state index in [0.717, 1.165) is 35.1 Å². The Labute approximate surface area is 272 Å². The largest absolute Gasteiger partial charge is 0.444 e. The van der Waals surface area contributed by atoms with Crippen LogP contribution >= 0.6 is 23.2 Å². The first-order chi connectivity index (χ1) is 20.9. The first kappa shape index (κ1) is 32.4. The molecule has 1 heterocycles. The summed E-state index contributed by atoms with van der Waals surface area (Å²) in [5, 5.41) is 0.832. The highest BCUT2D eigenvalue weighted by Gasteiger charge is 2.43. The molecule has 5 rings (SSSR count). The van der Waals surface area contributed by atoms with Gasteiger partial charge in [0.05, 0.1) is 23.1 Å². The Morgan fingerprint density at radius 2 is 1.64 bits per heavy atom. The summed E-state index contributed by atoms with van der Waals surface area (Å²) in [6.45, 7) is 5.79. The van der Waals surface area contributed by atoms with E-state index < -0.39 is 29.3 Å². The summed E-state index contributed by atoms with van der Waals surface area (Å²) < 4.78 is 22.2. The number of hydrogen-bond donors (Lipinski definition) is 1. The molecule has 0 bridgehead atoms. The van der Waals surface area contributed by atoms with Crippen molar-refractivity contribution in [3.63, 3.8) is 0 Å². The third-order valence-corrected chi connectivity index (χ3v) is 8.82. The second-order valence-electron chi connectivity index (χ2n) is 12.1. The summed E-state index contributed by atoms with van der Waals surface area (Å²) in [4.78, 5) is 31.4. The van der Waals surface area contributed by atoms with Crippen molar-refractivity contribution >= 4 is 52.2 Å². The van der Waals surface area contributed by atoms with Crippen molar-refractivity contribution in [3.05, 3.63) is 99.5 Å². The van der Waals surface area contributed by atoms with E-state index in [0.29, 0.717) is 21.2 Å². The van der Waals surface area contributed by atoms with E-state index in [1.54, 1.807) is 33.1 Å². The van der Waals surface area contributed by atoms with E-state index >= 15 is 0 Å². The molecule has 1 N–H and O–H groups in total. The Balaban J connectivity index is 1.64. The highest BCUT2D eigenvalue weighted by molar-refractivity contribution is 7.86. The monoisotopic (exact) mass is 655 g/mol. The molecular weight excluding hydrogens is 619 g/mol. The van der Waals surface area contributed by atoms with Crippen LogP contribution in [0.4, 0.5) is 4.79 Å². The normalized spacial score (nSPS) is 17.8. The van der Waals surface area contributed by atoms with Gasteiger partial charge in [-0.1, -0.05) is 83.9 Å². The zero-order valence-corrected chi connectivity index (χ0v) is 27.6. The molecule has 2 aliphatic rings. The van der Waals surface area contributed by atoms with E-state index in [1.165, 1.54) is 4.90 Å². The number of carbonyl (C=O) groups excluding carboxylic acids is 2. The highest BCUT2D eigenvalue weighted by atomic mass is 35.5. The van der Waals surface area contributed by atoms with Gasteiger partial charge >= 0.3 is 17.5 Å². The molecule has 3 aromatic rings. The molecule has 7 nitrogen and oxygen atoms in total. The van der Waals surface area contributed by atoms with Crippen molar-refractivity contribution in [3.8, 4) is 11.1 Å². The van der Waals surface area contributed by atoms with Crippen molar-refractivity contribution in [2.24, 2.45) is 0 Å². The number of carbonyl (C=O) groups is 2. The van der Waals surface area contributed by atoms with Gasteiger partial charge in [0.1, 0.15) is 5.60 Å². The molecule has 1 saturated carbocycles. The van der Waals surface area contributed by atoms with Crippen LogP contribution in [0.3, 0.4) is 0 Å². The third-order valence-electron chi connectivity index (χ3n) is 7.45. The minimum Gasteiger partial charge on any atom is -0.444 e. The van der Waals surface area contributed by atoms with Crippen LogP contribution < -0.4 is 0 Å². The molecule has 10 heteroatoms. The fourth-order valence-corrected chi connectivity index (χ4v) is 6.23. The van der Waals surface area contributed by atoms with Gasteiger partial charge < -0.3 is 14.5 Å². The molecule has 44 heavy (non-hydrogen) atoms. The molecule has 1 aliphatic carbocycles. The lowest BCUT2D eigenvalue weighted by Crippen LogP contribution is -2.49. The lowest BCUT2D eigenvalue weighted by molar-refractivity contribution is -0.128. The maximum absolute atomic E-state index is 14.7. The van der Waals surface area contributed by atoms with Crippen LogP contribution in [0.2, 0.25) is 10.0 Å². The van der Waals surface area contributed by atoms with E-state index in [4.69, 9.17) is 32.1 Å². The molecule has 232 valence electrons. The Hall–Kier alpha value is -3.01. The molecule has 0 spiro atoms. The zero-order chi connectivity index (χ0) is 31.6. The van der Waals surface area contributed by atoms with E-state index in [2.05, 4.69) is 0 Å². The molecule has 2 atom stereocenters. The predicted molar refractivity (Wildman–Crippen MR) is 177 cm³/mol. The van der Waals surface area contributed by atoms with Crippen LogP contribution in [0.1, 0.15) is 44.7 Å². The van der Waals surface area contributed by atoms with Crippen molar-refractivity contribution < 1.29 is 23.1 Å². The minimum absolute atomic E-state index is 0.0217. The van der Waals surface area contributed by atoms with Crippen molar-refractivity contribution in [2.75, 3.05) is 19.3 Å². The number of halogens is 2. The second kappa shape index (κ2) is 13.5. The number of hydrogen-bond acceptors (Lipinski definition) is 5. The van der Waals surface area contributed by atoms with Crippen LogP contribution in [0.25, 0.3) is 16.7 Å². The SMILES string of the molecule is C[S+](O)OC1CN(C(=O)OC(C)(C)C)CC(C(=O)N(Cc2cccc(Cl)c2Cl)C2CC2)=C1c1cccc(-c2ccccc2)c1. The van der Waals surface area contributed by atoms with Crippen molar-refractivity contribution in [1.29, 1.82) is 0 Å². The highest BCUT2D eigenvalue weighted by Crippen LogP contribution is 2.38.